The summed E-state index contributed by atoms with van der Waals surface area (Å²) < 4.78 is 0.888. The molecule has 0 saturated heterocycles. The minimum absolute atomic E-state index is 0.184. The number of rotatable bonds is 4. The first-order chi connectivity index (χ1) is 9.47. The van der Waals surface area contributed by atoms with Crippen molar-refractivity contribution in [3.8, 4) is 0 Å². The monoisotopic (exact) mass is 347 g/mol. The van der Waals surface area contributed by atoms with Crippen LogP contribution in [0.3, 0.4) is 0 Å². The maximum absolute atomic E-state index is 11.9. The topological polar surface area (TPSA) is 68.0 Å². The summed E-state index contributed by atoms with van der Waals surface area (Å²) in [6.07, 6.45) is 1.64. The summed E-state index contributed by atoms with van der Waals surface area (Å²) in [6, 6.07) is 3.50. The standard InChI is InChI=1S/C12H11Cl2N3OS2/c1-6-2-3-7(13)11(10(6)14)17-8(18)5-19-9-4-16-12(15)20-9/h2-4H,5H2,1H3,(H2,15,16)(H,17,18). The summed E-state index contributed by atoms with van der Waals surface area (Å²) in [5, 5.41) is 4.08. The number of amides is 1. The van der Waals surface area contributed by atoms with E-state index in [-0.39, 0.29) is 11.7 Å². The number of nitrogens with one attached hydrogen (secondary N) is 1. The molecule has 2 rings (SSSR count). The molecule has 0 atom stereocenters. The maximum Gasteiger partial charge on any atom is 0.234 e. The summed E-state index contributed by atoms with van der Waals surface area (Å²) in [5.74, 6) is 0.0544. The second kappa shape index (κ2) is 6.67. The number of hydrogen-bond donors (Lipinski definition) is 2. The van der Waals surface area contributed by atoms with Crippen LogP contribution in [0.2, 0.25) is 10.0 Å². The van der Waals surface area contributed by atoms with Gasteiger partial charge < -0.3 is 11.1 Å². The Kier molecular flexibility index (Phi) is 5.15. The number of nitrogen functional groups attached to an aromatic ring is 1. The molecular weight excluding hydrogens is 337 g/mol. The van der Waals surface area contributed by atoms with Gasteiger partial charge in [-0.2, -0.15) is 0 Å². The first-order valence-corrected chi connectivity index (χ1v) is 8.11. The van der Waals surface area contributed by atoms with Gasteiger partial charge in [-0.3, -0.25) is 4.79 Å². The van der Waals surface area contributed by atoms with Crippen molar-refractivity contribution in [3.05, 3.63) is 33.9 Å². The smallest absolute Gasteiger partial charge is 0.234 e. The zero-order valence-electron chi connectivity index (χ0n) is 10.4. The number of aryl methyl sites for hydroxylation is 1. The van der Waals surface area contributed by atoms with Crippen LogP contribution in [0.25, 0.3) is 0 Å². The number of anilines is 2. The van der Waals surface area contributed by atoms with Crippen LogP contribution in [-0.2, 0) is 4.79 Å². The van der Waals surface area contributed by atoms with Gasteiger partial charge in [0, 0.05) is 0 Å². The van der Waals surface area contributed by atoms with Gasteiger partial charge in [-0.05, 0) is 18.6 Å². The highest BCUT2D eigenvalue weighted by molar-refractivity contribution is 8.01. The SMILES string of the molecule is Cc1ccc(Cl)c(NC(=O)CSc2cnc(N)s2)c1Cl. The molecule has 1 amide bonds. The fourth-order valence-electron chi connectivity index (χ4n) is 1.42. The van der Waals surface area contributed by atoms with Gasteiger partial charge in [-0.1, -0.05) is 40.6 Å². The molecule has 0 bridgehead atoms. The van der Waals surface area contributed by atoms with Gasteiger partial charge in [0.25, 0.3) is 0 Å². The second-order valence-corrected chi connectivity index (χ2v) is 7.03. The molecule has 0 aliphatic rings. The molecule has 0 radical (unpaired) electrons. The summed E-state index contributed by atoms with van der Waals surface area (Å²) in [6.45, 7) is 1.85. The molecule has 1 heterocycles. The quantitative estimate of drug-likeness (QED) is 0.818. The van der Waals surface area contributed by atoms with Gasteiger partial charge in [-0.25, -0.2) is 4.98 Å². The Morgan fingerprint density at radius 3 is 2.90 bits per heavy atom. The number of hydrogen-bond acceptors (Lipinski definition) is 5. The fourth-order valence-corrected chi connectivity index (χ4v) is 3.45. The van der Waals surface area contributed by atoms with Gasteiger partial charge >= 0.3 is 0 Å². The first kappa shape index (κ1) is 15.4. The molecule has 4 nitrogen and oxygen atoms in total. The molecule has 0 aliphatic heterocycles. The van der Waals surface area contributed by atoms with E-state index in [9.17, 15) is 4.79 Å². The van der Waals surface area contributed by atoms with E-state index in [4.69, 9.17) is 28.9 Å². The van der Waals surface area contributed by atoms with Crippen molar-refractivity contribution in [2.75, 3.05) is 16.8 Å². The van der Waals surface area contributed by atoms with Crippen LogP contribution in [0, 0.1) is 6.92 Å². The Morgan fingerprint density at radius 2 is 2.25 bits per heavy atom. The highest BCUT2D eigenvalue weighted by Crippen LogP contribution is 2.33. The third kappa shape index (κ3) is 3.79. The molecule has 20 heavy (non-hydrogen) atoms. The molecule has 0 fully saturated rings. The molecule has 2 aromatic rings. The molecule has 0 spiro atoms. The molecule has 0 unspecified atom stereocenters. The summed E-state index contributed by atoms with van der Waals surface area (Å²) in [7, 11) is 0. The predicted octanol–water partition coefficient (Wildman–Crippen LogP) is 4.07. The highest BCUT2D eigenvalue weighted by atomic mass is 35.5. The van der Waals surface area contributed by atoms with Crippen molar-refractivity contribution >= 4 is 63.0 Å². The van der Waals surface area contributed by atoms with Crippen molar-refractivity contribution in [2.24, 2.45) is 0 Å². The third-order valence-corrected chi connectivity index (χ3v) is 5.22. The number of nitrogens with two attached hydrogens (primary N) is 1. The van der Waals surface area contributed by atoms with Crippen LogP contribution >= 0.6 is 46.3 Å². The van der Waals surface area contributed by atoms with Crippen LogP contribution in [0.5, 0.6) is 0 Å². The molecule has 1 aromatic heterocycles. The van der Waals surface area contributed by atoms with Crippen molar-refractivity contribution in [1.82, 2.24) is 4.98 Å². The minimum atomic E-state index is -0.184. The van der Waals surface area contributed by atoms with Gasteiger partial charge in [0.05, 0.1) is 31.9 Å². The van der Waals surface area contributed by atoms with Gasteiger partial charge in [0.15, 0.2) is 5.13 Å². The number of halogens is 2. The second-order valence-electron chi connectivity index (χ2n) is 3.91. The number of carbonyl (C=O) groups is 1. The van der Waals surface area contributed by atoms with E-state index in [0.29, 0.717) is 20.9 Å². The average Bonchev–Trinajstić information content (AvgIpc) is 2.83. The predicted molar refractivity (Wildman–Crippen MR) is 87.1 cm³/mol. The number of benzene rings is 1. The Balaban J connectivity index is 2.00. The zero-order valence-corrected chi connectivity index (χ0v) is 13.6. The van der Waals surface area contributed by atoms with Gasteiger partial charge in [0.2, 0.25) is 5.91 Å². The highest BCUT2D eigenvalue weighted by Gasteiger charge is 2.12. The molecular formula is C12H11Cl2N3OS2. The molecule has 1 aromatic carbocycles. The van der Waals surface area contributed by atoms with E-state index in [2.05, 4.69) is 10.3 Å². The number of thiazole rings is 1. The number of thioether (sulfide) groups is 1. The summed E-state index contributed by atoms with van der Waals surface area (Å²) in [4.78, 5) is 15.8. The normalized spacial score (nSPS) is 10.6. The Morgan fingerprint density at radius 1 is 1.50 bits per heavy atom. The van der Waals surface area contributed by atoms with Gasteiger partial charge in [-0.15, -0.1) is 11.8 Å². The van der Waals surface area contributed by atoms with E-state index in [1.807, 2.05) is 6.92 Å². The van der Waals surface area contributed by atoms with E-state index in [1.165, 1.54) is 23.1 Å². The molecule has 106 valence electrons. The number of aromatic nitrogens is 1. The van der Waals surface area contributed by atoms with Crippen LogP contribution in [0.1, 0.15) is 5.56 Å². The Labute approximate surface area is 134 Å². The van der Waals surface area contributed by atoms with Crippen molar-refractivity contribution in [2.45, 2.75) is 11.1 Å². The average molecular weight is 348 g/mol. The fraction of sp³-hybridized carbons (Fsp3) is 0.167. The number of nitrogens with zero attached hydrogens (tertiary/aromatic N) is 1. The lowest BCUT2D eigenvalue weighted by molar-refractivity contribution is -0.113. The lowest BCUT2D eigenvalue weighted by Gasteiger charge is -2.10. The molecule has 0 saturated carbocycles. The Bertz CT molecular complexity index is 646. The van der Waals surface area contributed by atoms with Crippen LogP contribution in [0.4, 0.5) is 10.8 Å². The third-order valence-electron chi connectivity index (χ3n) is 2.40. The maximum atomic E-state index is 11.9. The molecule has 0 aliphatic carbocycles. The van der Waals surface area contributed by atoms with Crippen molar-refractivity contribution < 1.29 is 4.79 Å². The largest absolute Gasteiger partial charge is 0.375 e. The van der Waals surface area contributed by atoms with E-state index >= 15 is 0 Å². The van der Waals surface area contributed by atoms with Crippen molar-refractivity contribution in [3.63, 3.8) is 0 Å². The minimum Gasteiger partial charge on any atom is -0.375 e. The summed E-state index contributed by atoms with van der Waals surface area (Å²) in [5.41, 5.74) is 6.83. The lowest BCUT2D eigenvalue weighted by atomic mass is 10.2. The summed E-state index contributed by atoms with van der Waals surface area (Å²) >= 11 is 14.9. The molecule has 8 heteroatoms. The van der Waals surface area contributed by atoms with Gasteiger partial charge in [0.1, 0.15) is 0 Å². The van der Waals surface area contributed by atoms with Crippen LogP contribution in [-0.4, -0.2) is 16.6 Å². The zero-order chi connectivity index (χ0) is 14.7. The van der Waals surface area contributed by atoms with Crippen LogP contribution < -0.4 is 11.1 Å². The number of carbonyl (C=O) groups excluding carboxylic acids is 1. The lowest BCUT2D eigenvalue weighted by Crippen LogP contribution is -2.14. The first-order valence-electron chi connectivity index (χ1n) is 5.56. The van der Waals surface area contributed by atoms with Crippen molar-refractivity contribution in [1.29, 1.82) is 0 Å². The van der Waals surface area contributed by atoms with Crippen LogP contribution in [0.15, 0.2) is 22.5 Å². The van der Waals surface area contributed by atoms with E-state index < -0.39 is 0 Å². The van der Waals surface area contributed by atoms with E-state index in [1.54, 1.807) is 18.3 Å². The Hall–Kier alpha value is -0.950. The van der Waals surface area contributed by atoms with E-state index in [0.717, 1.165) is 9.77 Å². The molecule has 3 N–H and O–H groups in total.